The largest absolute Gasteiger partial charge is 0.384 e. The fraction of sp³-hybridized carbons (Fsp3) is 0. The third-order valence-corrected chi connectivity index (χ3v) is 1.43. The molecule has 0 aliphatic heterocycles. The molecule has 3 N–H and O–H groups in total. The highest BCUT2D eigenvalue weighted by Gasteiger charge is 2.00. The zero-order chi connectivity index (χ0) is 8.39. The van der Waals surface area contributed by atoms with Gasteiger partial charge in [-0.1, -0.05) is 0 Å². The number of nitrogens with zero attached hydrogens (tertiary/aromatic N) is 3. The van der Waals surface area contributed by atoms with Crippen molar-refractivity contribution in [3.8, 4) is 11.4 Å². The smallest absolute Gasteiger partial charge is 0.164 e. The quantitative estimate of drug-likeness (QED) is 0.636. The summed E-state index contributed by atoms with van der Waals surface area (Å²) < 4.78 is 0. The maximum Gasteiger partial charge on any atom is 0.164 e. The zero-order valence-electron chi connectivity index (χ0n) is 6.23. The molecule has 0 spiro atoms. The topological polar surface area (TPSA) is 80.5 Å². The lowest BCUT2D eigenvalue weighted by atomic mass is 10.3. The zero-order valence-corrected chi connectivity index (χ0v) is 6.23. The normalized spacial score (nSPS) is 10.0. The Morgan fingerprint density at radius 3 is 3.00 bits per heavy atom. The second-order valence-corrected chi connectivity index (χ2v) is 2.29. The van der Waals surface area contributed by atoms with Crippen molar-refractivity contribution in [2.45, 2.75) is 0 Å². The van der Waals surface area contributed by atoms with E-state index in [1.807, 2.05) is 0 Å². The van der Waals surface area contributed by atoms with Crippen molar-refractivity contribution >= 4 is 5.82 Å². The molecule has 2 rings (SSSR count). The van der Waals surface area contributed by atoms with Gasteiger partial charge < -0.3 is 5.73 Å². The maximum absolute atomic E-state index is 5.48. The predicted molar refractivity (Wildman–Crippen MR) is 44.0 cm³/mol. The van der Waals surface area contributed by atoms with Crippen molar-refractivity contribution in [3.63, 3.8) is 0 Å². The number of aromatic amines is 1. The van der Waals surface area contributed by atoms with Gasteiger partial charge in [0, 0.05) is 12.4 Å². The van der Waals surface area contributed by atoms with Gasteiger partial charge in [-0.25, -0.2) is 9.97 Å². The van der Waals surface area contributed by atoms with E-state index in [0.717, 1.165) is 5.56 Å². The predicted octanol–water partition coefficient (Wildman–Crippen LogP) is 0.449. The van der Waals surface area contributed by atoms with E-state index in [4.69, 9.17) is 5.73 Å². The van der Waals surface area contributed by atoms with Crippen molar-refractivity contribution in [2.24, 2.45) is 0 Å². The number of aromatic nitrogens is 4. The van der Waals surface area contributed by atoms with E-state index in [1.54, 1.807) is 24.7 Å². The lowest BCUT2D eigenvalue weighted by Crippen LogP contribution is -1.93. The first kappa shape index (κ1) is 6.78. The van der Waals surface area contributed by atoms with Crippen LogP contribution in [0.15, 0.2) is 24.7 Å². The minimum Gasteiger partial charge on any atom is -0.384 e. The van der Waals surface area contributed by atoms with Crippen LogP contribution in [0.25, 0.3) is 11.4 Å². The Balaban J connectivity index is 2.48. The second kappa shape index (κ2) is 2.61. The van der Waals surface area contributed by atoms with E-state index in [1.165, 1.54) is 0 Å². The van der Waals surface area contributed by atoms with Crippen LogP contribution in [0.4, 0.5) is 5.82 Å². The van der Waals surface area contributed by atoms with Gasteiger partial charge in [0.15, 0.2) is 5.82 Å². The van der Waals surface area contributed by atoms with E-state index < -0.39 is 0 Å². The average Bonchev–Trinajstić information content (AvgIpc) is 2.56. The summed E-state index contributed by atoms with van der Waals surface area (Å²) in [5, 5.41) is 6.46. The van der Waals surface area contributed by atoms with Gasteiger partial charge in [0.2, 0.25) is 0 Å². The third kappa shape index (κ3) is 1.12. The molecule has 2 aromatic rings. The molecule has 0 saturated heterocycles. The molecule has 60 valence electrons. The van der Waals surface area contributed by atoms with Gasteiger partial charge >= 0.3 is 0 Å². The molecule has 0 radical (unpaired) electrons. The van der Waals surface area contributed by atoms with Crippen LogP contribution >= 0.6 is 0 Å². The molecule has 0 aromatic carbocycles. The molecule has 2 heterocycles. The first-order valence-electron chi connectivity index (χ1n) is 3.44. The Kier molecular flexibility index (Phi) is 1.48. The van der Waals surface area contributed by atoms with Crippen LogP contribution in [0.3, 0.4) is 0 Å². The first-order valence-corrected chi connectivity index (χ1v) is 3.44. The fourth-order valence-electron chi connectivity index (χ4n) is 0.885. The molecule has 0 saturated carbocycles. The van der Waals surface area contributed by atoms with Crippen molar-refractivity contribution in [1.29, 1.82) is 0 Å². The summed E-state index contributed by atoms with van der Waals surface area (Å²) in [6, 6.07) is 1.64. The third-order valence-electron chi connectivity index (χ3n) is 1.43. The summed E-state index contributed by atoms with van der Waals surface area (Å²) in [6.45, 7) is 0. The van der Waals surface area contributed by atoms with Crippen LogP contribution in [-0.4, -0.2) is 20.2 Å². The average molecular weight is 161 g/mol. The number of rotatable bonds is 1. The van der Waals surface area contributed by atoms with Crippen LogP contribution in [0.2, 0.25) is 0 Å². The summed E-state index contributed by atoms with van der Waals surface area (Å²) in [7, 11) is 0. The minimum absolute atomic E-state index is 0.459. The first-order chi connectivity index (χ1) is 5.86. The van der Waals surface area contributed by atoms with Crippen LogP contribution < -0.4 is 5.73 Å². The lowest BCUT2D eigenvalue weighted by Gasteiger charge is -1.94. The lowest BCUT2D eigenvalue weighted by molar-refractivity contribution is 1.09. The van der Waals surface area contributed by atoms with E-state index in [9.17, 15) is 0 Å². The highest BCUT2D eigenvalue weighted by molar-refractivity contribution is 5.53. The van der Waals surface area contributed by atoms with Gasteiger partial charge in [-0.3, -0.25) is 5.10 Å². The number of anilines is 1. The van der Waals surface area contributed by atoms with Gasteiger partial charge in [0.1, 0.15) is 5.82 Å². The van der Waals surface area contributed by atoms with Crippen LogP contribution in [0, 0.1) is 0 Å². The van der Waals surface area contributed by atoms with E-state index in [2.05, 4.69) is 20.2 Å². The Bertz CT molecular complexity index is 367. The summed E-state index contributed by atoms with van der Waals surface area (Å²) in [4.78, 5) is 8.05. The highest BCUT2D eigenvalue weighted by Crippen LogP contribution is 2.11. The molecule has 0 aliphatic carbocycles. The molecule has 5 heteroatoms. The van der Waals surface area contributed by atoms with Gasteiger partial charge in [0.05, 0.1) is 11.8 Å². The molecule has 0 aliphatic rings. The van der Waals surface area contributed by atoms with Crippen LogP contribution in [0.5, 0.6) is 0 Å². The van der Waals surface area contributed by atoms with Gasteiger partial charge in [-0.15, -0.1) is 0 Å². The number of hydrogen-bond acceptors (Lipinski definition) is 4. The molecular formula is C7H7N5. The molecule has 0 atom stereocenters. The van der Waals surface area contributed by atoms with Crippen LogP contribution in [-0.2, 0) is 0 Å². The molecule has 12 heavy (non-hydrogen) atoms. The van der Waals surface area contributed by atoms with Crippen LogP contribution in [0.1, 0.15) is 0 Å². The molecular weight excluding hydrogens is 154 g/mol. The minimum atomic E-state index is 0.459. The number of H-pyrrole nitrogens is 1. The Labute approximate surface area is 68.7 Å². The Hall–Kier alpha value is -1.91. The number of hydrogen-bond donors (Lipinski definition) is 2. The summed E-state index contributed by atoms with van der Waals surface area (Å²) >= 11 is 0. The van der Waals surface area contributed by atoms with Gasteiger partial charge in [-0.05, 0) is 6.07 Å². The molecule has 0 bridgehead atoms. The molecule has 5 nitrogen and oxygen atoms in total. The Morgan fingerprint density at radius 1 is 1.42 bits per heavy atom. The van der Waals surface area contributed by atoms with Gasteiger partial charge in [-0.2, -0.15) is 5.10 Å². The molecule has 0 fully saturated rings. The molecule has 2 aromatic heterocycles. The SMILES string of the molecule is Nc1ccnc(-c2cn[nH]c2)n1. The number of nitrogens with one attached hydrogen (secondary N) is 1. The second-order valence-electron chi connectivity index (χ2n) is 2.29. The van der Waals surface area contributed by atoms with E-state index >= 15 is 0 Å². The van der Waals surface area contributed by atoms with Crippen molar-refractivity contribution in [3.05, 3.63) is 24.7 Å². The van der Waals surface area contributed by atoms with Crippen molar-refractivity contribution in [1.82, 2.24) is 20.2 Å². The summed E-state index contributed by atoms with van der Waals surface area (Å²) in [5.41, 5.74) is 6.32. The van der Waals surface area contributed by atoms with Gasteiger partial charge in [0.25, 0.3) is 0 Å². The Morgan fingerprint density at radius 2 is 2.33 bits per heavy atom. The van der Waals surface area contributed by atoms with E-state index in [0.29, 0.717) is 11.6 Å². The molecule has 0 amide bonds. The summed E-state index contributed by atoms with van der Waals surface area (Å²) in [6.07, 6.45) is 4.98. The highest BCUT2D eigenvalue weighted by atomic mass is 15.1. The maximum atomic E-state index is 5.48. The number of nitrogen functional groups attached to an aromatic ring is 1. The standard InChI is InChI=1S/C7H7N5/c8-6-1-2-9-7(12-6)5-3-10-11-4-5/h1-4H,(H,10,11)(H2,8,9,12). The number of nitrogens with two attached hydrogens (primary N) is 1. The van der Waals surface area contributed by atoms with E-state index in [-0.39, 0.29) is 0 Å². The van der Waals surface area contributed by atoms with Crippen molar-refractivity contribution < 1.29 is 0 Å². The molecule has 0 unspecified atom stereocenters. The van der Waals surface area contributed by atoms with Crippen molar-refractivity contribution in [2.75, 3.05) is 5.73 Å². The summed E-state index contributed by atoms with van der Waals surface area (Å²) in [5.74, 6) is 1.05. The monoisotopic (exact) mass is 161 g/mol. The fourth-order valence-corrected chi connectivity index (χ4v) is 0.885.